The van der Waals surface area contributed by atoms with E-state index in [0.29, 0.717) is 0 Å². The summed E-state index contributed by atoms with van der Waals surface area (Å²) in [4.78, 5) is 17.0. The zero-order chi connectivity index (χ0) is 5.21. The summed E-state index contributed by atoms with van der Waals surface area (Å²) < 4.78 is 12.9. The van der Waals surface area contributed by atoms with Gasteiger partial charge in [0.05, 0.1) is 0 Å². The van der Waals surface area contributed by atoms with Gasteiger partial charge in [-0.1, -0.05) is 0 Å². The van der Waals surface area contributed by atoms with Crippen LogP contribution in [-0.2, 0) is 9.09 Å². The second-order valence-electron chi connectivity index (χ2n) is 0.651. The van der Waals surface area contributed by atoms with Gasteiger partial charge in [-0.2, -0.15) is 0 Å². The summed E-state index contributed by atoms with van der Waals surface area (Å²) in [5, 5.41) is 0. The van der Waals surface area contributed by atoms with Crippen LogP contribution >= 0.6 is 7.82 Å². The molecule has 0 aliphatic heterocycles. The Morgan fingerprint density at radius 3 is 2.17 bits per heavy atom. The highest BCUT2D eigenvalue weighted by molar-refractivity contribution is 7.44. The highest BCUT2D eigenvalue weighted by Gasteiger charge is 1.91. The monoisotopic (exact) mass is 111 g/mol. The number of rotatable bonds is 1. The van der Waals surface area contributed by atoms with Gasteiger partial charge in [0.2, 0.25) is 0 Å². The van der Waals surface area contributed by atoms with Gasteiger partial charge in [0, 0.05) is 7.11 Å². The lowest BCUT2D eigenvalue weighted by Crippen LogP contribution is -1.99. The minimum Gasteiger partial charge on any atom is -0.756 e. The van der Waals surface area contributed by atoms with Crippen molar-refractivity contribution in [2.24, 2.45) is 0 Å². The van der Waals surface area contributed by atoms with E-state index in [9.17, 15) is 9.46 Å². The molecule has 4 nitrogen and oxygen atoms in total. The molecular weight excluding hydrogens is 107 g/mol. The molecule has 38 valence electrons. The van der Waals surface area contributed by atoms with Crippen molar-refractivity contribution in [3.63, 3.8) is 0 Å². The predicted octanol–water partition coefficient (Wildman–Crippen LogP) is -0.907. The van der Waals surface area contributed by atoms with Crippen LogP contribution in [0.15, 0.2) is 0 Å². The first-order chi connectivity index (χ1) is 2.56. The van der Waals surface area contributed by atoms with Crippen molar-refractivity contribution in [2.45, 2.75) is 0 Å². The molecule has 0 saturated carbocycles. The normalized spacial score (nSPS) is 19.8. The first kappa shape index (κ1) is 6.11. The summed E-state index contributed by atoms with van der Waals surface area (Å²) >= 11 is 0. The topological polar surface area (TPSA) is 69.6 Å². The molecule has 0 spiro atoms. The molecule has 0 aromatic carbocycles. The molecule has 1 atom stereocenters. The maximum atomic E-state index is 9.36. The Kier molecular flexibility index (Phi) is 1.74. The predicted molar refractivity (Wildman–Crippen MR) is 16.8 cm³/mol. The van der Waals surface area contributed by atoms with Crippen LogP contribution < -0.4 is 4.89 Å². The van der Waals surface area contributed by atoms with Gasteiger partial charge in [0.15, 0.2) is 0 Å². The summed E-state index contributed by atoms with van der Waals surface area (Å²) in [6.45, 7) is 0. The lowest BCUT2D eigenvalue weighted by atomic mass is 11.8. The minimum absolute atomic E-state index is 0.883. The average Bonchev–Trinajstić information content (AvgIpc) is 1.35. The van der Waals surface area contributed by atoms with E-state index in [-0.39, 0.29) is 0 Å². The maximum absolute atomic E-state index is 9.36. The molecule has 0 aromatic rings. The van der Waals surface area contributed by atoms with E-state index in [1.165, 1.54) is 0 Å². The minimum atomic E-state index is -4.40. The molecule has 1 N–H and O–H groups in total. The zero-order valence-corrected chi connectivity index (χ0v) is 4.01. The van der Waals surface area contributed by atoms with Crippen LogP contribution in [0.3, 0.4) is 0 Å². The molecule has 5 heteroatoms. The van der Waals surface area contributed by atoms with Crippen molar-refractivity contribution in [1.82, 2.24) is 0 Å². The van der Waals surface area contributed by atoms with Crippen LogP contribution in [0.25, 0.3) is 0 Å². The van der Waals surface area contributed by atoms with Gasteiger partial charge in [0.25, 0.3) is 7.82 Å². The molecular formula is CH4O4P-. The van der Waals surface area contributed by atoms with Crippen molar-refractivity contribution in [1.29, 1.82) is 0 Å². The summed E-state index contributed by atoms with van der Waals surface area (Å²) in [6, 6.07) is 0. The van der Waals surface area contributed by atoms with Gasteiger partial charge in [0.1, 0.15) is 0 Å². The van der Waals surface area contributed by atoms with E-state index in [2.05, 4.69) is 4.52 Å². The van der Waals surface area contributed by atoms with E-state index >= 15 is 0 Å². The molecule has 0 heterocycles. The van der Waals surface area contributed by atoms with Crippen molar-refractivity contribution in [3.8, 4) is 0 Å². The van der Waals surface area contributed by atoms with E-state index in [1.807, 2.05) is 0 Å². The standard InChI is InChI=1S/CH5O4P/c1-5-6(2,3)4/h1H3,(H2,2,3,4)/p-1. The Morgan fingerprint density at radius 2 is 2.17 bits per heavy atom. The SMILES string of the molecule is COP(=O)([O-])O. The molecule has 0 aliphatic rings. The summed E-state index contributed by atoms with van der Waals surface area (Å²) in [5.74, 6) is 0. The molecule has 0 radical (unpaired) electrons. The molecule has 1 unspecified atom stereocenters. The summed E-state index contributed by atoms with van der Waals surface area (Å²) in [6.07, 6.45) is 0. The van der Waals surface area contributed by atoms with Crippen molar-refractivity contribution >= 4 is 7.82 Å². The quantitative estimate of drug-likeness (QED) is 0.445. The third-order valence-electron chi connectivity index (χ3n) is 0.231. The van der Waals surface area contributed by atoms with Crippen LogP contribution in [0.4, 0.5) is 0 Å². The molecule has 0 aromatic heterocycles. The van der Waals surface area contributed by atoms with E-state index < -0.39 is 7.82 Å². The van der Waals surface area contributed by atoms with Crippen LogP contribution in [0.1, 0.15) is 0 Å². The number of phosphoric acid groups is 1. The Balaban J connectivity index is 3.48. The number of hydrogen-bond acceptors (Lipinski definition) is 3. The molecule has 0 fully saturated rings. The van der Waals surface area contributed by atoms with Gasteiger partial charge in [-0.05, 0) is 0 Å². The number of hydrogen-bond donors (Lipinski definition) is 1. The van der Waals surface area contributed by atoms with E-state index in [1.54, 1.807) is 0 Å². The molecule has 0 amide bonds. The van der Waals surface area contributed by atoms with Crippen LogP contribution in [-0.4, -0.2) is 12.0 Å². The Hall–Kier alpha value is 0.110. The second-order valence-corrected chi connectivity index (χ2v) is 1.95. The zero-order valence-electron chi connectivity index (χ0n) is 3.12. The van der Waals surface area contributed by atoms with Gasteiger partial charge < -0.3 is 14.3 Å². The fraction of sp³-hybridized carbons (Fsp3) is 1.00. The van der Waals surface area contributed by atoms with Gasteiger partial charge in [-0.15, -0.1) is 0 Å². The molecule has 6 heavy (non-hydrogen) atoms. The van der Waals surface area contributed by atoms with Crippen molar-refractivity contribution < 1.29 is 18.9 Å². The number of phosphoric ester groups is 1. The first-order valence-electron chi connectivity index (χ1n) is 1.16. The first-order valence-corrected chi connectivity index (χ1v) is 2.65. The van der Waals surface area contributed by atoms with Crippen LogP contribution in [0, 0.1) is 0 Å². The second kappa shape index (κ2) is 1.71. The maximum Gasteiger partial charge on any atom is 0.264 e. The summed E-state index contributed by atoms with van der Waals surface area (Å²) in [7, 11) is -3.51. The highest BCUT2D eigenvalue weighted by atomic mass is 31.2. The van der Waals surface area contributed by atoms with Gasteiger partial charge in [-0.25, -0.2) is 0 Å². The van der Waals surface area contributed by atoms with Crippen molar-refractivity contribution in [3.05, 3.63) is 0 Å². The molecule has 0 rings (SSSR count). The third kappa shape index (κ3) is 4.11. The Labute approximate surface area is 35.0 Å². The highest BCUT2D eigenvalue weighted by Crippen LogP contribution is 2.27. The third-order valence-corrected chi connectivity index (χ3v) is 0.692. The largest absolute Gasteiger partial charge is 0.756 e. The lowest BCUT2D eigenvalue weighted by molar-refractivity contribution is -0.217. The molecule has 0 bridgehead atoms. The fourth-order valence-corrected chi connectivity index (χ4v) is 0. The molecule has 0 saturated heterocycles. The van der Waals surface area contributed by atoms with Gasteiger partial charge in [-0.3, -0.25) is 4.57 Å². The Bertz CT molecular complexity index is 71.6. The lowest BCUT2D eigenvalue weighted by Gasteiger charge is -2.09. The van der Waals surface area contributed by atoms with Crippen LogP contribution in [0.5, 0.6) is 0 Å². The molecule has 0 aliphatic carbocycles. The van der Waals surface area contributed by atoms with E-state index in [4.69, 9.17) is 4.89 Å². The van der Waals surface area contributed by atoms with Crippen molar-refractivity contribution in [2.75, 3.05) is 7.11 Å². The Morgan fingerprint density at radius 1 is 2.00 bits per heavy atom. The van der Waals surface area contributed by atoms with Crippen LogP contribution in [0.2, 0.25) is 0 Å². The fourth-order valence-electron chi connectivity index (χ4n) is 0. The average molecular weight is 111 g/mol. The van der Waals surface area contributed by atoms with E-state index in [0.717, 1.165) is 7.11 Å². The summed E-state index contributed by atoms with van der Waals surface area (Å²) in [5.41, 5.74) is 0. The van der Waals surface area contributed by atoms with Gasteiger partial charge >= 0.3 is 0 Å². The smallest absolute Gasteiger partial charge is 0.264 e.